The van der Waals surface area contributed by atoms with Crippen LogP contribution in [0.2, 0.25) is 0 Å². The number of halogens is 1. The van der Waals surface area contributed by atoms with Crippen molar-refractivity contribution in [2.24, 2.45) is 0 Å². The lowest BCUT2D eigenvalue weighted by Gasteiger charge is -2.36. The molecule has 1 atom stereocenters. The number of nitrogens with one attached hydrogen (secondary N) is 4. The van der Waals surface area contributed by atoms with Crippen molar-refractivity contribution in [2.75, 3.05) is 41.7 Å². The molecule has 18 nitrogen and oxygen atoms in total. The van der Waals surface area contributed by atoms with Gasteiger partial charge in [-0.1, -0.05) is 12.8 Å². The summed E-state index contributed by atoms with van der Waals surface area (Å²) in [6.07, 6.45) is 11.6. The molecule has 2 saturated heterocycles. The fourth-order valence-electron chi connectivity index (χ4n) is 8.75. The number of aromatic amines is 1. The van der Waals surface area contributed by atoms with Crippen LogP contribution in [-0.4, -0.2) is 106 Å². The third kappa shape index (κ3) is 7.85. The van der Waals surface area contributed by atoms with E-state index in [1.807, 2.05) is 23.1 Å². The maximum absolute atomic E-state index is 15.3. The zero-order valence-electron chi connectivity index (χ0n) is 32.8. The number of imide groups is 1. The van der Waals surface area contributed by atoms with E-state index in [1.54, 1.807) is 27.9 Å². The van der Waals surface area contributed by atoms with Crippen LogP contribution in [0.3, 0.4) is 0 Å². The normalized spacial score (nSPS) is 18.3. The SMILES string of the molecule is O=C1CCC(N2Cc3cc(N4CCN(C(=O)CCCCc5nc(-c6ncc(NC(=O)Nc7cnc8ccnn8c7C7CCCC7)cc6F)n[nH]5)CC4)ccc3C2=O)C(=O)N1. The van der Waals surface area contributed by atoms with E-state index in [1.165, 1.54) is 12.3 Å². The summed E-state index contributed by atoms with van der Waals surface area (Å²) in [5, 5.41) is 19.3. The number of aryl methyl sites for hydroxylation is 1. The number of unbranched alkanes of at least 4 members (excludes halogenated alkanes) is 1. The number of H-pyrrole nitrogens is 1. The number of nitrogens with zero attached hydrogens (tertiary/aromatic N) is 9. The number of pyridine rings is 1. The summed E-state index contributed by atoms with van der Waals surface area (Å²) in [6.45, 7) is 2.75. The third-order valence-electron chi connectivity index (χ3n) is 11.8. The highest BCUT2D eigenvalue weighted by atomic mass is 19.1. The van der Waals surface area contributed by atoms with Crippen LogP contribution < -0.4 is 20.9 Å². The number of fused-ring (bicyclic) bond motifs is 2. The van der Waals surface area contributed by atoms with Gasteiger partial charge in [0.2, 0.25) is 23.5 Å². The van der Waals surface area contributed by atoms with Crippen molar-refractivity contribution in [3.63, 3.8) is 0 Å². The zero-order valence-corrected chi connectivity index (χ0v) is 32.8. The molecule has 3 aliphatic heterocycles. The second kappa shape index (κ2) is 16.5. The van der Waals surface area contributed by atoms with Crippen molar-refractivity contribution in [1.29, 1.82) is 0 Å². The maximum atomic E-state index is 15.3. The Bertz CT molecular complexity index is 2490. The molecule has 19 heteroatoms. The van der Waals surface area contributed by atoms with E-state index >= 15 is 4.39 Å². The van der Waals surface area contributed by atoms with Gasteiger partial charge in [-0.2, -0.15) is 10.2 Å². The van der Waals surface area contributed by atoms with Gasteiger partial charge in [-0.25, -0.2) is 28.7 Å². The predicted octanol–water partition coefficient (Wildman–Crippen LogP) is 4.17. The summed E-state index contributed by atoms with van der Waals surface area (Å²) in [6, 6.07) is 7.46. The minimum Gasteiger partial charge on any atom is -0.368 e. The van der Waals surface area contributed by atoms with Crippen molar-refractivity contribution >= 4 is 52.4 Å². The van der Waals surface area contributed by atoms with Crippen LogP contribution in [-0.2, 0) is 27.3 Å². The molecule has 0 radical (unpaired) electrons. The molecule has 1 unspecified atom stereocenters. The van der Waals surface area contributed by atoms with Gasteiger partial charge in [-0.05, 0) is 55.9 Å². The van der Waals surface area contributed by atoms with Crippen LogP contribution in [0.1, 0.15) is 91.1 Å². The number of carbonyl (C=O) groups excluding carboxylic acids is 5. The molecule has 1 saturated carbocycles. The molecule has 4 aromatic heterocycles. The number of rotatable bonds is 11. The van der Waals surface area contributed by atoms with Crippen molar-refractivity contribution < 1.29 is 28.4 Å². The number of benzene rings is 1. The standard InChI is InChI=1S/C41H44FN13O5/c42-29-20-26(46-41(60)47-30-22-43-33-13-14-45-55(33)37(30)24-5-1-2-6-24)21-44-36(29)38-48-32(50-51-38)7-3-4-8-35(57)53-17-15-52(16-18-53)27-9-10-28-25(19-27)23-54(40(28)59)31-11-12-34(56)49-39(31)58/h9-10,13-14,19-22,24,31H,1-8,11-12,15-18,23H2,(H2,46,47,60)(H,48,50,51)(H,49,56,58). The van der Waals surface area contributed by atoms with Gasteiger partial charge in [0.05, 0.1) is 35.7 Å². The maximum Gasteiger partial charge on any atom is 0.323 e. The summed E-state index contributed by atoms with van der Waals surface area (Å²) in [5.74, 6) is -0.688. The monoisotopic (exact) mass is 817 g/mol. The van der Waals surface area contributed by atoms with E-state index in [4.69, 9.17) is 0 Å². The Labute approximate surface area is 343 Å². The molecule has 310 valence electrons. The average molecular weight is 818 g/mol. The topological polar surface area (TPSA) is 216 Å². The number of urea groups is 1. The van der Waals surface area contributed by atoms with Crippen LogP contribution in [0, 0.1) is 5.82 Å². The van der Waals surface area contributed by atoms with Crippen molar-refractivity contribution in [2.45, 2.75) is 82.7 Å². The largest absolute Gasteiger partial charge is 0.368 e. The first kappa shape index (κ1) is 38.7. The molecule has 9 rings (SSSR count). The van der Waals surface area contributed by atoms with E-state index in [0.717, 1.165) is 42.6 Å². The first-order valence-corrected chi connectivity index (χ1v) is 20.5. The molecule has 1 aromatic carbocycles. The number of hydrogen-bond acceptors (Lipinski definition) is 11. The highest BCUT2D eigenvalue weighted by Crippen LogP contribution is 2.38. The van der Waals surface area contributed by atoms with Gasteiger partial charge in [-0.15, -0.1) is 0 Å². The van der Waals surface area contributed by atoms with Crippen LogP contribution in [0.4, 0.5) is 26.2 Å². The van der Waals surface area contributed by atoms with Gasteiger partial charge < -0.3 is 25.3 Å². The number of aromatic nitrogens is 7. The lowest BCUT2D eigenvalue weighted by molar-refractivity contribution is -0.137. The fraction of sp³-hybridized carbons (Fsp3) is 0.415. The Hall–Kier alpha value is -6.79. The number of anilines is 3. The summed E-state index contributed by atoms with van der Waals surface area (Å²) in [4.78, 5) is 81.8. The quantitative estimate of drug-likeness (QED) is 0.110. The van der Waals surface area contributed by atoms with Crippen LogP contribution >= 0.6 is 0 Å². The molecular weight excluding hydrogens is 774 g/mol. The van der Waals surface area contributed by atoms with E-state index < -0.39 is 23.8 Å². The molecule has 3 fully saturated rings. The van der Waals surface area contributed by atoms with Gasteiger partial charge in [0.1, 0.15) is 17.6 Å². The van der Waals surface area contributed by atoms with Crippen LogP contribution in [0.25, 0.3) is 17.2 Å². The van der Waals surface area contributed by atoms with Gasteiger partial charge in [0, 0.05) is 81.3 Å². The van der Waals surface area contributed by atoms with Crippen molar-refractivity contribution in [3.8, 4) is 11.5 Å². The molecule has 0 spiro atoms. The van der Waals surface area contributed by atoms with Crippen LogP contribution in [0.15, 0.2) is 48.9 Å². The number of piperidine rings is 1. The van der Waals surface area contributed by atoms with E-state index in [2.05, 4.69) is 51.1 Å². The van der Waals surface area contributed by atoms with Gasteiger partial charge in [-0.3, -0.25) is 29.6 Å². The lowest BCUT2D eigenvalue weighted by atomic mass is 10.0. The van der Waals surface area contributed by atoms with Crippen LogP contribution in [0.5, 0.6) is 0 Å². The second-order valence-corrected chi connectivity index (χ2v) is 15.7. The summed E-state index contributed by atoms with van der Waals surface area (Å²) >= 11 is 0. The zero-order chi connectivity index (χ0) is 41.3. The molecule has 6 amide bonds. The highest BCUT2D eigenvalue weighted by Gasteiger charge is 2.39. The fourth-order valence-corrected chi connectivity index (χ4v) is 8.75. The highest BCUT2D eigenvalue weighted by molar-refractivity contribution is 6.05. The first-order chi connectivity index (χ1) is 29.2. The average Bonchev–Trinajstić information content (AvgIpc) is 4.08. The Balaban J connectivity index is 0.719. The predicted molar refractivity (Wildman–Crippen MR) is 215 cm³/mol. The first-order valence-electron chi connectivity index (χ1n) is 20.5. The number of amides is 6. The molecule has 0 bridgehead atoms. The summed E-state index contributed by atoms with van der Waals surface area (Å²) < 4.78 is 17.0. The molecular formula is C41H44FN13O5. The van der Waals surface area contributed by atoms with E-state index in [0.29, 0.717) is 87.6 Å². The van der Waals surface area contributed by atoms with Crippen molar-refractivity contribution in [3.05, 3.63) is 77.4 Å². The number of hydrogen-bond donors (Lipinski definition) is 4. The molecule has 4 N–H and O–H groups in total. The van der Waals surface area contributed by atoms with E-state index in [9.17, 15) is 24.0 Å². The van der Waals surface area contributed by atoms with Gasteiger partial charge in [0.15, 0.2) is 11.5 Å². The lowest BCUT2D eigenvalue weighted by Crippen LogP contribution is -2.52. The Morgan fingerprint density at radius 2 is 1.77 bits per heavy atom. The second-order valence-electron chi connectivity index (χ2n) is 15.7. The molecule has 5 aromatic rings. The summed E-state index contributed by atoms with van der Waals surface area (Å²) in [7, 11) is 0. The summed E-state index contributed by atoms with van der Waals surface area (Å²) in [5.41, 5.74) is 4.63. The minimum absolute atomic E-state index is 0.0581. The molecule has 60 heavy (non-hydrogen) atoms. The number of carbonyl (C=O) groups is 5. The number of piperazine rings is 1. The smallest absolute Gasteiger partial charge is 0.323 e. The van der Waals surface area contributed by atoms with Gasteiger partial charge >= 0.3 is 6.03 Å². The Morgan fingerprint density at radius 3 is 2.57 bits per heavy atom. The Kier molecular flexibility index (Phi) is 10.6. The minimum atomic E-state index is -0.696. The molecule has 1 aliphatic carbocycles. The molecule has 7 heterocycles. The van der Waals surface area contributed by atoms with E-state index in [-0.39, 0.29) is 47.3 Å². The Morgan fingerprint density at radius 1 is 0.933 bits per heavy atom. The van der Waals surface area contributed by atoms with Gasteiger partial charge in [0.25, 0.3) is 5.91 Å². The molecule has 4 aliphatic rings. The third-order valence-corrected chi connectivity index (χ3v) is 11.8. The van der Waals surface area contributed by atoms with Crippen molar-refractivity contribution in [1.82, 2.24) is 49.9 Å².